The van der Waals surface area contributed by atoms with Crippen molar-refractivity contribution in [2.24, 2.45) is 0 Å². The van der Waals surface area contributed by atoms with E-state index in [0.29, 0.717) is 70.1 Å². The molecule has 4 heterocycles. The third kappa shape index (κ3) is 4.71. The van der Waals surface area contributed by atoms with Crippen LogP contribution in [0.1, 0.15) is 12.1 Å². The fourth-order valence-electron chi connectivity index (χ4n) is 4.21. The molecule has 3 aliphatic rings. The first-order valence-electron chi connectivity index (χ1n) is 11.3. The summed E-state index contributed by atoms with van der Waals surface area (Å²) in [5.41, 5.74) is 0.892. The number of morpholine rings is 1. The molecule has 0 amide bonds. The lowest BCUT2D eigenvalue weighted by Gasteiger charge is -2.35. The summed E-state index contributed by atoms with van der Waals surface area (Å²) in [5, 5.41) is 0. The number of aryl methyl sites for hydroxylation is 1. The first-order valence-corrected chi connectivity index (χ1v) is 12.8. The Morgan fingerprint density at radius 3 is 2.30 bits per heavy atom. The number of rotatable bonds is 4. The lowest BCUT2D eigenvalue weighted by atomic mass is 10.3. The summed E-state index contributed by atoms with van der Waals surface area (Å²) < 4.78 is 44.8. The fraction of sp³-hybridized carbons (Fsp3) is 0.545. The molecule has 2 saturated heterocycles. The van der Waals surface area contributed by atoms with E-state index in [2.05, 4.69) is 14.8 Å². The molecule has 5 rings (SSSR count). The van der Waals surface area contributed by atoms with E-state index in [1.165, 1.54) is 4.31 Å². The van der Waals surface area contributed by atoms with Crippen LogP contribution >= 0.6 is 0 Å². The highest BCUT2D eigenvalue weighted by molar-refractivity contribution is 7.89. The minimum atomic E-state index is -3.63. The Balaban J connectivity index is 1.29. The molecule has 0 radical (unpaired) electrons. The summed E-state index contributed by atoms with van der Waals surface area (Å²) >= 11 is 0. The second kappa shape index (κ2) is 9.32. The van der Waals surface area contributed by atoms with Crippen LogP contribution in [0.15, 0.2) is 29.2 Å². The van der Waals surface area contributed by atoms with Crippen LogP contribution < -0.4 is 19.3 Å². The first kappa shape index (κ1) is 22.2. The molecule has 33 heavy (non-hydrogen) atoms. The SMILES string of the molecule is Cc1cc(N2CCN(S(=O)(=O)c3ccc4c(c3)OCCCO4)CC2)nc(N2CCOCC2)n1. The van der Waals surface area contributed by atoms with Crippen LogP contribution in [0.3, 0.4) is 0 Å². The summed E-state index contributed by atoms with van der Waals surface area (Å²) in [5.74, 6) is 2.61. The van der Waals surface area contributed by atoms with E-state index in [1.807, 2.05) is 13.0 Å². The van der Waals surface area contributed by atoms with E-state index >= 15 is 0 Å². The number of ether oxygens (including phenoxy) is 3. The van der Waals surface area contributed by atoms with Gasteiger partial charge in [-0.3, -0.25) is 0 Å². The third-order valence-corrected chi connectivity index (χ3v) is 7.94. The van der Waals surface area contributed by atoms with E-state index in [-0.39, 0.29) is 4.90 Å². The van der Waals surface area contributed by atoms with Crippen molar-refractivity contribution in [3.63, 3.8) is 0 Å². The van der Waals surface area contributed by atoms with Crippen molar-refractivity contribution in [3.05, 3.63) is 30.0 Å². The zero-order valence-electron chi connectivity index (χ0n) is 18.8. The molecule has 178 valence electrons. The van der Waals surface area contributed by atoms with E-state index in [1.54, 1.807) is 18.2 Å². The minimum Gasteiger partial charge on any atom is -0.490 e. The van der Waals surface area contributed by atoms with Crippen LogP contribution in [0.2, 0.25) is 0 Å². The van der Waals surface area contributed by atoms with Crippen LogP contribution in [0.25, 0.3) is 0 Å². The molecule has 0 N–H and O–H groups in total. The van der Waals surface area contributed by atoms with Gasteiger partial charge in [0, 0.05) is 63.5 Å². The summed E-state index contributed by atoms with van der Waals surface area (Å²) in [6.07, 6.45) is 0.772. The number of piperazine rings is 1. The van der Waals surface area contributed by atoms with Crippen molar-refractivity contribution in [2.75, 3.05) is 75.5 Å². The Bertz CT molecular complexity index is 1100. The number of anilines is 2. The number of hydrogen-bond donors (Lipinski definition) is 0. The molecule has 1 aromatic carbocycles. The van der Waals surface area contributed by atoms with Gasteiger partial charge in [-0.05, 0) is 19.1 Å². The average Bonchev–Trinajstić information content (AvgIpc) is 3.09. The quantitative estimate of drug-likeness (QED) is 0.648. The molecule has 0 aliphatic carbocycles. The highest BCUT2D eigenvalue weighted by atomic mass is 32.2. The van der Waals surface area contributed by atoms with Crippen molar-refractivity contribution >= 4 is 21.8 Å². The number of fused-ring (bicyclic) bond motifs is 1. The molecule has 2 fully saturated rings. The van der Waals surface area contributed by atoms with Gasteiger partial charge >= 0.3 is 0 Å². The van der Waals surface area contributed by atoms with Gasteiger partial charge in [0.25, 0.3) is 0 Å². The van der Waals surface area contributed by atoms with Crippen molar-refractivity contribution in [1.29, 1.82) is 0 Å². The zero-order chi connectivity index (χ0) is 22.8. The van der Waals surface area contributed by atoms with Gasteiger partial charge < -0.3 is 24.0 Å². The number of benzene rings is 1. The molecule has 10 nitrogen and oxygen atoms in total. The van der Waals surface area contributed by atoms with Gasteiger partial charge in [-0.25, -0.2) is 13.4 Å². The van der Waals surface area contributed by atoms with Crippen LogP contribution in [0.4, 0.5) is 11.8 Å². The highest BCUT2D eigenvalue weighted by Crippen LogP contribution is 2.33. The van der Waals surface area contributed by atoms with Crippen LogP contribution in [-0.4, -0.2) is 88.4 Å². The van der Waals surface area contributed by atoms with Gasteiger partial charge in [0.15, 0.2) is 11.5 Å². The molecular formula is C22H29N5O5S. The van der Waals surface area contributed by atoms with Crippen molar-refractivity contribution in [1.82, 2.24) is 14.3 Å². The van der Waals surface area contributed by atoms with E-state index in [9.17, 15) is 8.42 Å². The van der Waals surface area contributed by atoms with E-state index < -0.39 is 10.0 Å². The maximum absolute atomic E-state index is 13.3. The van der Waals surface area contributed by atoms with Crippen molar-refractivity contribution in [2.45, 2.75) is 18.2 Å². The fourth-order valence-corrected chi connectivity index (χ4v) is 5.65. The second-order valence-corrected chi connectivity index (χ2v) is 10.3. The lowest BCUT2D eigenvalue weighted by molar-refractivity contribution is 0.122. The Kier molecular flexibility index (Phi) is 6.26. The predicted molar refractivity (Wildman–Crippen MR) is 123 cm³/mol. The normalized spacial score (nSPS) is 19.9. The largest absolute Gasteiger partial charge is 0.490 e. The molecule has 0 saturated carbocycles. The molecule has 11 heteroatoms. The molecule has 0 spiro atoms. The molecule has 0 bridgehead atoms. The second-order valence-electron chi connectivity index (χ2n) is 8.32. The maximum atomic E-state index is 13.3. The summed E-state index contributed by atoms with van der Waals surface area (Å²) in [6, 6.07) is 6.81. The monoisotopic (exact) mass is 475 g/mol. The van der Waals surface area contributed by atoms with Gasteiger partial charge in [-0.2, -0.15) is 9.29 Å². The van der Waals surface area contributed by atoms with Crippen molar-refractivity contribution in [3.8, 4) is 11.5 Å². The number of sulfonamides is 1. The zero-order valence-corrected chi connectivity index (χ0v) is 19.6. The third-order valence-electron chi connectivity index (χ3n) is 6.04. The van der Waals surface area contributed by atoms with E-state index in [0.717, 1.165) is 31.0 Å². The van der Waals surface area contributed by atoms with Crippen LogP contribution in [0, 0.1) is 6.92 Å². The summed E-state index contributed by atoms with van der Waals surface area (Å²) in [4.78, 5) is 13.8. The topological polar surface area (TPSA) is 97.3 Å². The maximum Gasteiger partial charge on any atom is 0.243 e. The highest BCUT2D eigenvalue weighted by Gasteiger charge is 2.30. The first-order chi connectivity index (χ1) is 16.0. The molecule has 1 aromatic heterocycles. The predicted octanol–water partition coefficient (Wildman–Crippen LogP) is 1.29. The number of nitrogens with zero attached hydrogens (tertiary/aromatic N) is 5. The molecular weight excluding hydrogens is 446 g/mol. The average molecular weight is 476 g/mol. The Morgan fingerprint density at radius 1 is 0.818 bits per heavy atom. The van der Waals surface area contributed by atoms with Gasteiger partial charge in [0.1, 0.15) is 5.82 Å². The van der Waals surface area contributed by atoms with Gasteiger partial charge in [0.2, 0.25) is 16.0 Å². The smallest absolute Gasteiger partial charge is 0.243 e. The Labute approximate surface area is 194 Å². The minimum absolute atomic E-state index is 0.229. The van der Waals surface area contributed by atoms with Gasteiger partial charge in [-0.15, -0.1) is 0 Å². The van der Waals surface area contributed by atoms with E-state index in [4.69, 9.17) is 19.2 Å². The van der Waals surface area contributed by atoms with Gasteiger partial charge in [0.05, 0.1) is 31.3 Å². The van der Waals surface area contributed by atoms with Crippen molar-refractivity contribution < 1.29 is 22.6 Å². The summed E-state index contributed by atoms with van der Waals surface area (Å²) in [7, 11) is -3.63. The number of hydrogen-bond acceptors (Lipinski definition) is 9. The lowest BCUT2D eigenvalue weighted by Crippen LogP contribution is -2.49. The van der Waals surface area contributed by atoms with Crippen LogP contribution in [-0.2, 0) is 14.8 Å². The molecule has 3 aliphatic heterocycles. The number of aromatic nitrogens is 2. The standard InChI is InChI=1S/C22H29N5O5S/c1-17-15-21(24-22(23-17)26-9-13-30-14-10-26)25-5-7-27(8-6-25)33(28,29)18-3-4-19-20(16-18)32-12-2-11-31-19/h3-4,15-16H,2,5-14H2,1H3. The van der Waals surface area contributed by atoms with Crippen LogP contribution in [0.5, 0.6) is 11.5 Å². The molecule has 2 aromatic rings. The Hall–Kier alpha value is -2.63. The Morgan fingerprint density at radius 2 is 1.55 bits per heavy atom. The molecule has 0 atom stereocenters. The molecule has 0 unspecified atom stereocenters. The van der Waals surface area contributed by atoms with Gasteiger partial charge in [-0.1, -0.05) is 0 Å². The summed E-state index contributed by atoms with van der Waals surface area (Å²) in [6.45, 7) is 7.79.